The Balaban J connectivity index is 1.53. The smallest absolute Gasteiger partial charge is 0.255 e. The Labute approximate surface area is 174 Å². The van der Waals surface area contributed by atoms with Crippen molar-refractivity contribution in [2.75, 3.05) is 21.9 Å². The number of aromatic nitrogens is 1. The molecule has 8 heteroatoms. The summed E-state index contributed by atoms with van der Waals surface area (Å²) in [5.41, 5.74) is 3.03. The number of carbonyl (C=O) groups is 1. The summed E-state index contributed by atoms with van der Waals surface area (Å²) in [5.74, 6) is -0.139. The van der Waals surface area contributed by atoms with Gasteiger partial charge in [0.25, 0.3) is 5.91 Å². The number of benzene rings is 2. The monoisotopic (exact) mass is 427 g/mol. The number of halogens is 1. The first-order valence-electron chi connectivity index (χ1n) is 9.07. The average molecular weight is 428 g/mol. The van der Waals surface area contributed by atoms with Crippen LogP contribution in [0.1, 0.15) is 16.8 Å². The maximum absolute atomic E-state index is 12.6. The first-order chi connectivity index (χ1) is 13.9. The van der Waals surface area contributed by atoms with Gasteiger partial charge in [0, 0.05) is 29.6 Å². The van der Waals surface area contributed by atoms with Crippen molar-refractivity contribution in [2.24, 2.45) is 0 Å². The van der Waals surface area contributed by atoms with Crippen molar-refractivity contribution in [1.29, 1.82) is 0 Å². The summed E-state index contributed by atoms with van der Waals surface area (Å²) < 4.78 is 25.4. The fraction of sp³-hybridized carbons (Fsp3) is 0.143. The van der Waals surface area contributed by atoms with E-state index in [4.69, 9.17) is 11.6 Å². The van der Waals surface area contributed by atoms with Gasteiger partial charge in [-0.25, -0.2) is 8.42 Å². The largest absolute Gasteiger partial charge is 0.322 e. The molecule has 3 aromatic rings. The van der Waals surface area contributed by atoms with Crippen molar-refractivity contribution < 1.29 is 13.2 Å². The van der Waals surface area contributed by atoms with Gasteiger partial charge in [-0.2, -0.15) is 0 Å². The highest BCUT2D eigenvalue weighted by Crippen LogP contribution is 2.29. The molecule has 0 radical (unpaired) electrons. The molecule has 4 rings (SSSR count). The molecule has 0 spiro atoms. The molecule has 1 aromatic heterocycles. The molecular weight excluding hydrogens is 410 g/mol. The van der Waals surface area contributed by atoms with Crippen molar-refractivity contribution in [1.82, 2.24) is 4.98 Å². The molecule has 2 heterocycles. The van der Waals surface area contributed by atoms with Gasteiger partial charge in [0.2, 0.25) is 10.0 Å². The van der Waals surface area contributed by atoms with Crippen LogP contribution in [0.4, 0.5) is 11.4 Å². The zero-order valence-corrected chi connectivity index (χ0v) is 16.9. The van der Waals surface area contributed by atoms with Crippen LogP contribution in [-0.2, 0) is 10.0 Å². The van der Waals surface area contributed by atoms with Gasteiger partial charge < -0.3 is 5.32 Å². The lowest BCUT2D eigenvalue weighted by Crippen LogP contribution is -2.25. The zero-order chi connectivity index (χ0) is 20.4. The molecule has 148 valence electrons. The molecule has 1 aliphatic heterocycles. The molecule has 0 bridgehead atoms. The molecule has 6 nitrogen and oxygen atoms in total. The summed E-state index contributed by atoms with van der Waals surface area (Å²) in [7, 11) is -3.24. The summed E-state index contributed by atoms with van der Waals surface area (Å²) in [4.78, 5) is 16.9. The van der Waals surface area contributed by atoms with Gasteiger partial charge in [-0.15, -0.1) is 0 Å². The third-order valence-corrected chi connectivity index (χ3v) is 6.88. The Bertz CT molecular complexity index is 1150. The van der Waals surface area contributed by atoms with Crippen LogP contribution >= 0.6 is 11.6 Å². The molecule has 1 amide bonds. The van der Waals surface area contributed by atoms with Crippen LogP contribution in [0.2, 0.25) is 5.02 Å². The van der Waals surface area contributed by atoms with E-state index in [9.17, 15) is 13.2 Å². The van der Waals surface area contributed by atoms with Crippen molar-refractivity contribution in [3.63, 3.8) is 0 Å². The van der Waals surface area contributed by atoms with Gasteiger partial charge in [-0.1, -0.05) is 17.7 Å². The van der Waals surface area contributed by atoms with Crippen LogP contribution in [0, 0.1) is 0 Å². The topological polar surface area (TPSA) is 79.4 Å². The van der Waals surface area contributed by atoms with Crippen LogP contribution in [0.3, 0.4) is 0 Å². The molecule has 1 aliphatic rings. The van der Waals surface area contributed by atoms with E-state index in [0.29, 0.717) is 40.6 Å². The van der Waals surface area contributed by atoms with Crippen LogP contribution in [0.5, 0.6) is 0 Å². The molecule has 1 N–H and O–H groups in total. The first kappa shape index (κ1) is 19.4. The molecule has 2 aromatic carbocycles. The Morgan fingerprint density at radius 2 is 1.86 bits per heavy atom. The Hall–Kier alpha value is -2.90. The van der Waals surface area contributed by atoms with Crippen molar-refractivity contribution in [2.45, 2.75) is 6.42 Å². The van der Waals surface area contributed by atoms with Gasteiger partial charge in [-0.05, 0) is 61.0 Å². The van der Waals surface area contributed by atoms with E-state index < -0.39 is 10.0 Å². The summed E-state index contributed by atoms with van der Waals surface area (Å²) >= 11 is 6.28. The standard InChI is InChI=1S/C21H18ClN3O3S/c22-19-10-7-16(14-18(19)20-4-1-2-11-23-20)24-21(26)15-5-8-17(9-6-15)25-12-3-13-29(25,27)28/h1-2,4-11,14H,3,12-13H2,(H,24,26). The maximum atomic E-state index is 12.6. The van der Waals surface area contributed by atoms with Gasteiger partial charge in [0.05, 0.1) is 22.2 Å². The minimum atomic E-state index is -3.24. The summed E-state index contributed by atoms with van der Waals surface area (Å²) in [6.45, 7) is 0.467. The molecule has 1 saturated heterocycles. The lowest BCUT2D eigenvalue weighted by Gasteiger charge is -2.17. The number of hydrogen-bond donors (Lipinski definition) is 1. The first-order valence-corrected chi connectivity index (χ1v) is 11.1. The quantitative estimate of drug-likeness (QED) is 0.676. The van der Waals surface area contributed by atoms with E-state index in [-0.39, 0.29) is 11.7 Å². The highest BCUT2D eigenvalue weighted by Gasteiger charge is 2.28. The number of anilines is 2. The van der Waals surface area contributed by atoms with Gasteiger partial charge in [0.1, 0.15) is 0 Å². The number of nitrogens with zero attached hydrogens (tertiary/aromatic N) is 2. The predicted molar refractivity (Wildman–Crippen MR) is 115 cm³/mol. The lowest BCUT2D eigenvalue weighted by molar-refractivity contribution is 0.102. The molecule has 0 unspecified atom stereocenters. The van der Waals surface area contributed by atoms with E-state index in [1.807, 2.05) is 18.2 Å². The van der Waals surface area contributed by atoms with Crippen LogP contribution in [0.15, 0.2) is 66.9 Å². The molecule has 0 saturated carbocycles. The van der Waals surface area contributed by atoms with Crippen LogP contribution < -0.4 is 9.62 Å². The van der Waals surface area contributed by atoms with E-state index in [1.54, 1.807) is 48.7 Å². The Kier molecular flexibility index (Phi) is 5.25. The number of hydrogen-bond acceptors (Lipinski definition) is 4. The molecular formula is C21H18ClN3O3S. The number of rotatable bonds is 4. The third-order valence-electron chi connectivity index (χ3n) is 4.68. The van der Waals surface area contributed by atoms with Crippen molar-refractivity contribution in [3.05, 3.63) is 77.4 Å². The van der Waals surface area contributed by atoms with Gasteiger partial charge >= 0.3 is 0 Å². The second-order valence-corrected chi connectivity index (χ2v) is 9.07. The van der Waals surface area contributed by atoms with Gasteiger partial charge in [0.15, 0.2) is 0 Å². The highest BCUT2D eigenvalue weighted by molar-refractivity contribution is 7.93. The van der Waals surface area contributed by atoms with E-state index >= 15 is 0 Å². The molecule has 0 aliphatic carbocycles. The van der Waals surface area contributed by atoms with Gasteiger partial charge in [-0.3, -0.25) is 14.1 Å². The number of nitrogens with one attached hydrogen (secondary N) is 1. The third kappa shape index (κ3) is 4.11. The average Bonchev–Trinajstić information content (AvgIpc) is 3.09. The Morgan fingerprint density at radius 1 is 1.07 bits per heavy atom. The van der Waals surface area contributed by atoms with Crippen LogP contribution in [-0.4, -0.2) is 31.6 Å². The Morgan fingerprint density at radius 3 is 2.52 bits per heavy atom. The predicted octanol–water partition coefficient (Wildman–Crippen LogP) is 4.19. The second-order valence-electron chi connectivity index (χ2n) is 6.65. The van der Waals surface area contributed by atoms with Crippen LogP contribution in [0.25, 0.3) is 11.3 Å². The zero-order valence-electron chi connectivity index (χ0n) is 15.4. The van der Waals surface area contributed by atoms with Crippen molar-refractivity contribution >= 4 is 38.9 Å². The minimum Gasteiger partial charge on any atom is -0.322 e. The normalized spacial score (nSPS) is 15.3. The van der Waals surface area contributed by atoms with E-state index in [0.717, 1.165) is 5.56 Å². The fourth-order valence-corrected chi connectivity index (χ4v) is 5.01. The second kappa shape index (κ2) is 7.85. The highest BCUT2D eigenvalue weighted by atomic mass is 35.5. The number of sulfonamides is 1. The number of carbonyl (C=O) groups excluding carboxylic acids is 1. The van der Waals surface area contributed by atoms with E-state index in [1.165, 1.54) is 4.31 Å². The number of amides is 1. The summed E-state index contributed by atoms with van der Waals surface area (Å²) in [6.07, 6.45) is 2.29. The summed E-state index contributed by atoms with van der Waals surface area (Å²) in [5, 5.41) is 3.38. The lowest BCUT2D eigenvalue weighted by atomic mass is 10.1. The fourth-order valence-electron chi connectivity index (χ4n) is 3.23. The van der Waals surface area contributed by atoms with E-state index in [2.05, 4.69) is 10.3 Å². The summed E-state index contributed by atoms with van der Waals surface area (Å²) in [6, 6.07) is 17.3. The molecule has 29 heavy (non-hydrogen) atoms. The molecule has 0 atom stereocenters. The van der Waals surface area contributed by atoms with Crippen molar-refractivity contribution in [3.8, 4) is 11.3 Å². The SMILES string of the molecule is O=C(Nc1ccc(Cl)c(-c2ccccn2)c1)c1ccc(N2CCCS2(=O)=O)cc1. The minimum absolute atomic E-state index is 0.157. The number of pyridine rings is 1. The maximum Gasteiger partial charge on any atom is 0.255 e. The molecule has 1 fully saturated rings.